The summed E-state index contributed by atoms with van der Waals surface area (Å²) in [6.07, 6.45) is 6.73. The van der Waals surface area contributed by atoms with Gasteiger partial charge in [0.05, 0.1) is 6.26 Å². The average molecular weight is 251 g/mol. The van der Waals surface area contributed by atoms with Gasteiger partial charge in [-0.15, -0.1) is 0 Å². The van der Waals surface area contributed by atoms with Crippen LogP contribution < -0.4 is 10.6 Å². The van der Waals surface area contributed by atoms with Crippen molar-refractivity contribution in [1.29, 1.82) is 0 Å². The van der Waals surface area contributed by atoms with Gasteiger partial charge in [-0.1, -0.05) is 26.2 Å². The Morgan fingerprint density at radius 2 is 2.11 bits per heavy atom. The summed E-state index contributed by atoms with van der Waals surface area (Å²) < 4.78 is 5.26. The van der Waals surface area contributed by atoms with Gasteiger partial charge in [0, 0.05) is 13.1 Å². The van der Waals surface area contributed by atoms with Gasteiger partial charge >= 0.3 is 0 Å². The first kappa shape index (κ1) is 14.6. The van der Waals surface area contributed by atoms with E-state index >= 15 is 0 Å². The molecular weight excluding hydrogens is 226 g/mol. The Morgan fingerprint density at radius 3 is 2.78 bits per heavy atom. The summed E-state index contributed by atoms with van der Waals surface area (Å²) in [6.45, 7) is 6.73. The van der Waals surface area contributed by atoms with Crippen LogP contribution in [-0.4, -0.2) is 19.0 Å². The third kappa shape index (κ3) is 6.33. The molecule has 0 atom stereocenters. The second-order valence-electron chi connectivity index (χ2n) is 4.26. The van der Waals surface area contributed by atoms with E-state index in [9.17, 15) is 0 Å². The van der Waals surface area contributed by atoms with Gasteiger partial charge in [0.15, 0.2) is 5.96 Å². The van der Waals surface area contributed by atoms with Crippen molar-refractivity contribution in [3.63, 3.8) is 0 Å². The topological polar surface area (TPSA) is 49.6 Å². The van der Waals surface area contributed by atoms with Crippen LogP contribution in [0.5, 0.6) is 0 Å². The normalized spacial score (nSPS) is 11.6. The van der Waals surface area contributed by atoms with Crippen molar-refractivity contribution in [2.24, 2.45) is 4.99 Å². The van der Waals surface area contributed by atoms with Gasteiger partial charge in [-0.25, -0.2) is 4.99 Å². The van der Waals surface area contributed by atoms with Crippen LogP contribution in [0.4, 0.5) is 0 Å². The largest absolute Gasteiger partial charge is 0.467 e. The molecule has 0 unspecified atom stereocenters. The minimum absolute atomic E-state index is 0.581. The van der Waals surface area contributed by atoms with Crippen molar-refractivity contribution in [2.45, 2.75) is 46.1 Å². The van der Waals surface area contributed by atoms with Crippen molar-refractivity contribution in [3.05, 3.63) is 24.2 Å². The molecule has 4 heteroatoms. The molecule has 0 saturated carbocycles. The van der Waals surface area contributed by atoms with Crippen LogP contribution in [0.25, 0.3) is 0 Å². The minimum Gasteiger partial charge on any atom is -0.467 e. The molecule has 18 heavy (non-hydrogen) atoms. The Hall–Kier alpha value is -1.45. The summed E-state index contributed by atoms with van der Waals surface area (Å²) in [4.78, 5) is 4.47. The van der Waals surface area contributed by atoms with Crippen molar-refractivity contribution >= 4 is 5.96 Å². The summed E-state index contributed by atoms with van der Waals surface area (Å²) in [5, 5.41) is 6.57. The van der Waals surface area contributed by atoms with E-state index in [2.05, 4.69) is 29.5 Å². The number of hydrogen-bond donors (Lipinski definition) is 2. The summed E-state index contributed by atoms with van der Waals surface area (Å²) in [7, 11) is 0. The third-order valence-electron chi connectivity index (χ3n) is 2.64. The summed E-state index contributed by atoms with van der Waals surface area (Å²) in [5.41, 5.74) is 0. The second kappa shape index (κ2) is 9.57. The summed E-state index contributed by atoms with van der Waals surface area (Å²) in [5.74, 6) is 1.75. The van der Waals surface area contributed by atoms with Gasteiger partial charge < -0.3 is 15.1 Å². The monoisotopic (exact) mass is 251 g/mol. The van der Waals surface area contributed by atoms with Crippen LogP contribution in [0.3, 0.4) is 0 Å². The fraction of sp³-hybridized carbons (Fsp3) is 0.643. The number of guanidine groups is 1. The molecule has 0 bridgehead atoms. The standard InChI is InChI=1S/C14H25N3O/c1-3-5-6-7-10-16-14(15-4-2)17-12-13-9-8-11-18-13/h8-9,11H,3-7,10,12H2,1-2H3,(H2,15,16,17). The first-order valence-electron chi connectivity index (χ1n) is 6.91. The number of aliphatic imine (C=N–C) groups is 1. The third-order valence-corrected chi connectivity index (χ3v) is 2.64. The lowest BCUT2D eigenvalue weighted by atomic mass is 10.2. The van der Waals surface area contributed by atoms with Crippen molar-refractivity contribution in [1.82, 2.24) is 10.6 Å². The predicted octanol–water partition coefficient (Wildman–Crippen LogP) is 2.92. The number of nitrogens with one attached hydrogen (secondary N) is 2. The molecule has 0 fully saturated rings. The van der Waals surface area contributed by atoms with Gasteiger partial charge in [0.1, 0.15) is 12.3 Å². The Morgan fingerprint density at radius 1 is 1.22 bits per heavy atom. The second-order valence-corrected chi connectivity index (χ2v) is 4.26. The number of unbranched alkanes of at least 4 members (excludes halogenated alkanes) is 3. The smallest absolute Gasteiger partial charge is 0.191 e. The highest BCUT2D eigenvalue weighted by molar-refractivity contribution is 5.79. The summed E-state index contributed by atoms with van der Waals surface area (Å²) >= 11 is 0. The summed E-state index contributed by atoms with van der Waals surface area (Å²) in [6, 6.07) is 3.82. The molecule has 0 amide bonds. The van der Waals surface area contributed by atoms with Crippen molar-refractivity contribution in [2.75, 3.05) is 13.1 Å². The lowest BCUT2D eigenvalue weighted by molar-refractivity contribution is 0.511. The van der Waals surface area contributed by atoms with Crippen molar-refractivity contribution in [3.8, 4) is 0 Å². The fourth-order valence-electron chi connectivity index (χ4n) is 1.66. The van der Waals surface area contributed by atoms with Crippen LogP contribution in [0.15, 0.2) is 27.8 Å². The van der Waals surface area contributed by atoms with Gasteiger partial charge in [0.25, 0.3) is 0 Å². The Labute approximate surface area is 110 Å². The molecular formula is C14H25N3O. The van der Waals surface area contributed by atoms with Crippen LogP contribution in [-0.2, 0) is 6.54 Å². The first-order valence-corrected chi connectivity index (χ1v) is 6.91. The maximum absolute atomic E-state index is 5.26. The van der Waals surface area contributed by atoms with Gasteiger partial charge in [-0.2, -0.15) is 0 Å². The van der Waals surface area contributed by atoms with E-state index in [1.807, 2.05) is 12.1 Å². The van der Waals surface area contributed by atoms with E-state index in [-0.39, 0.29) is 0 Å². The molecule has 0 saturated heterocycles. The molecule has 0 aromatic carbocycles. The molecule has 2 N–H and O–H groups in total. The highest BCUT2D eigenvalue weighted by Gasteiger charge is 1.98. The van der Waals surface area contributed by atoms with E-state index in [4.69, 9.17) is 4.42 Å². The lowest BCUT2D eigenvalue weighted by Crippen LogP contribution is -2.37. The highest BCUT2D eigenvalue weighted by Crippen LogP contribution is 2.01. The fourth-order valence-corrected chi connectivity index (χ4v) is 1.66. The zero-order valence-electron chi connectivity index (χ0n) is 11.5. The maximum Gasteiger partial charge on any atom is 0.191 e. The van der Waals surface area contributed by atoms with Crippen LogP contribution in [0.2, 0.25) is 0 Å². The minimum atomic E-state index is 0.581. The molecule has 1 aromatic rings. The average Bonchev–Trinajstić information content (AvgIpc) is 2.88. The van der Waals surface area contributed by atoms with Gasteiger partial charge in [-0.05, 0) is 25.5 Å². The molecule has 0 aliphatic heterocycles. The zero-order valence-corrected chi connectivity index (χ0v) is 11.5. The molecule has 4 nitrogen and oxygen atoms in total. The molecule has 0 radical (unpaired) electrons. The number of hydrogen-bond acceptors (Lipinski definition) is 2. The van der Waals surface area contributed by atoms with Crippen LogP contribution in [0.1, 0.15) is 45.3 Å². The Kier molecular flexibility index (Phi) is 7.77. The molecule has 1 aromatic heterocycles. The Bertz CT molecular complexity index is 320. The predicted molar refractivity (Wildman–Crippen MR) is 75.7 cm³/mol. The van der Waals surface area contributed by atoms with Crippen LogP contribution in [0, 0.1) is 0 Å². The van der Waals surface area contributed by atoms with E-state index in [0.29, 0.717) is 6.54 Å². The Balaban J connectivity index is 2.27. The van der Waals surface area contributed by atoms with Crippen molar-refractivity contribution < 1.29 is 4.42 Å². The maximum atomic E-state index is 5.26. The SMILES string of the molecule is CCCCCCNC(=NCc1ccco1)NCC. The molecule has 0 aliphatic carbocycles. The molecule has 0 spiro atoms. The molecule has 102 valence electrons. The van der Waals surface area contributed by atoms with E-state index in [1.165, 1.54) is 25.7 Å². The van der Waals surface area contributed by atoms with E-state index in [1.54, 1.807) is 6.26 Å². The lowest BCUT2D eigenvalue weighted by Gasteiger charge is -2.10. The van der Waals surface area contributed by atoms with Crippen LogP contribution >= 0.6 is 0 Å². The quantitative estimate of drug-likeness (QED) is 0.424. The zero-order chi connectivity index (χ0) is 13.1. The number of nitrogens with zero attached hydrogens (tertiary/aromatic N) is 1. The highest BCUT2D eigenvalue weighted by atomic mass is 16.3. The van der Waals surface area contributed by atoms with E-state index < -0.39 is 0 Å². The molecule has 0 aliphatic rings. The molecule has 1 rings (SSSR count). The number of rotatable bonds is 8. The van der Waals surface area contributed by atoms with Gasteiger partial charge in [0.2, 0.25) is 0 Å². The van der Waals surface area contributed by atoms with Gasteiger partial charge in [-0.3, -0.25) is 0 Å². The van der Waals surface area contributed by atoms with E-state index in [0.717, 1.165) is 24.8 Å². The number of furan rings is 1. The molecule has 1 heterocycles. The first-order chi connectivity index (χ1) is 8.86.